The van der Waals surface area contributed by atoms with E-state index in [4.69, 9.17) is 52.1 Å². The number of carbonyl (C=O) groups is 4. The first-order valence-electron chi connectivity index (χ1n) is 27.9. The number of nitrogens with one attached hydrogen (secondary N) is 1. The second-order valence-corrected chi connectivity index (χ2v) is 23.3. The Labute approximate surface area is 458 Å². The predicted molar refractivity (Wildman–Crippen MR) is 284 cm³/mol. The fourth-order valence-corrected chi connectivity index (χ4v) is 12.9. The molecule has 0 saturated carbocycles. The summed E-state index contributed by atoms with van der Waals surface area (Å²) in [6.45, 7) is 20.5. The number of Topliss-reactive ketones (excluding diaryl/α,β-unsaturated/α-hetero) is 1. The zero-order valence-electron chi connectivity index (χ0n) is 48.2. The number of carbonyl (C=O) groups excluding carboxylic acids is 3. The van der Waals surface area contributed by atoms with E-state index in [9.17, 15) is 34.2 Å². The number of aryl methyl sites for hydroxylation is 2. The maximum Gasteiger partial charge on any atom is 0.509 e. The van der Waals surface area contributed by atoms with Crippen LogP contribution in [0.4, 0.5) is 4.79 Å². The third-order valence-corrected chi connectivity index (χ3v) is 17.3. The van der Waals surface area contributed by atoms with Gasteiger partial charge in [0.25, 0.3) is 0 Å². The molecule has 5 aliphatic heterocycles. The predicted octanol–water partition coefficient (Wildman–Crippen LogP) is 5.66. The van der Waals surface area contributed by atoms with Crippen LogP contribution in [0.3, 0.4) is 0 Å². The number of ether oxygens (including phenoxy) is 11. The van der Waals surface area contributed by atoms with Crippen molar-refractivity contribution >= 4 is 34.8 Å². The molecule has 6 heterocycles. The number of carboxylic acids is 1. The number of fused-ring (bicyclic) bond motifs is 1. The minimum atomic E-state index is -1.51. The van der Waals surface area contributed by atoms with E-state index in [2.05, 4.69) is 5.32 Å². The van der Waals surface area contributed by atoms with Crippen molar-refractivity contribution in [1.82, 2.24) is 14.8 Å². The highest BCUT2D eigenvalue weighted by molar-refractivity contribution is 5.94. The number of ketones is 1. The third-order valence-electron chi connectivity index (χ3n) is 17.3. The van der Waals surface area contributed by atoms with Crippen LogP contribution in [0.15, 0.2) is 23.1 Å². The normalized spacial score (nSPS) is 37.8. The van der Waals surface area contributed by atoms with Gasteiger partial charge in [0.2, 0.25) is 5.43 Å². The summed E-state index contributed by atoms with van der Waals surface area (Å²) >= 11 is 0. The van der Waals surface area contributed by atoms with Gasteiger partial charge >= 0.3 is 18.1 Å². The van der Waals surface area contributed by atoms with Crippen LogP contribution in [0.1, 0.15) is 124 Å². The number of esters is 1. The minimum absolute atomic E-state index is 0.119. The Bertz CT molecular complexity index is 2510. The molecule has 21 heteroatoms. The van der Waals surface area contributed by atoms with Crippen LogP contribution in [-0.4, -0.2) is 182 Å². The average molecular weight is 1100 g/mol. The van der Waals surface area contributed by atoms with E-state index < -0.39 is 119 Å². The van der Waals surface area contributed by atoms with E-state index in [0.717, 1.165) is 23.9 Å². The van der Waals surface area contributed by atoms with Crippen LogP contribution in [0.2, 0.25) is 0 Å². The Morgan fingerprint density at radius 1 is 0.897 bits per heavy atom. The number of aromatic carboxylic acids is 1. The van der Waals surface area contributed by atoms with E-state index in [0.29, 0.717) is 56.8 Å². The van der Waals surface area contributed by atoms with Crippen molar-refractivity contribution < 1.29 is 81.5 Å². The zero-order chi connectivity index (χ0) is 57.2. The summed E-state index contributed by atoms with van der Waals surface area (Å²) in [5.41, 5.74) is -2.78. The molecule has 4 fully saturated rings. The maximum absolute atomic E-state index is 14.8. The van der Waals surface area contributed by atoms with Crippen molar-refractivity contribution in [3.05, 3.63) is 39.7 Å². The number of carboxylic acid groups (broad SMARTS) is 1. The molecule has 78 heavy (non-hydrogen) atoms. The molecule has 438 valence electrons. The molecule has 1 aromatic heterocycles. The van der Waals surface area contributed by atoms with E-state index in [1.807, 2.05) is 64.2 Å². The van der Waals surface area contributed by atoms with Gasteiger partial charge in [0.1, 0.15) is 42.0 Å². The molecule has 0 amide bonds. The number of cyclic esters (lactones) is 1. The second kappa shape index (κ2) is 25.2. The lowest BCUT2D eigenvalue weighted by atomic mass is 9.74. The monoisotopic (exact) mass is 1100 g/mol. The molecule has 2 aromatic rings. The van der Waals surface area contributed by atoms with Crippen molar-refractivity contribution in [2.24, 2.45) is 23.7 Å². The van der Waals surface area contributed by atoms with Gasteiger partial charge in [-0.25, -0.2) is 9.59 Å². The topological polar surface area (TPSA) is 248 Å². The largest absolute Gasteiger partial charge is 0.509 e. The number of rotatable bonds is 18. The Kier molecular flexibility index (Phi) is 19.8. The van der Waals surface area contributed by atoms with Crippen molar-refractivity contribution in [2.45, 2.75) is 205 Å². The van der Waals surface area contributed by atoms with Gasteiger partial charge in [-0.05, 0) is 118 Å². The van der Waals surface area contributed by atoms with E-state index >= 15 is 0 Å². The summed E-state index contributed by atoms with van der Waals surface area (Å²) in [6, 6.07) is 3.25. The third kappa shape index (κ3) is 12.7. The summed E-state index contributed by atoms with van der Waals surface area (Å²) in [5.74, 6) is -4.93. The Hall–Kier alpha value is -4.29. The van der Waals surface area contributed by atoms with E-state index in [-0.39, 0.29) is 42.8 Å². The van der Waals surface area contributed by atoms with Gasteiger partial charge in [0.05, 0.1) is 58.4 Å². The molecule has 0 bridgehead atoms. The Morgan fingerprint density at radius 2 is 1.60 bits per heavy atom. The number of aliphatic hydroxyl groups excluding tert-OH is 1. The first-order chi connectivity index (χ1) is 36.8. The smallest absolute Gasteiger partial charge is 0.492 e. The zero-order valence-corrected chi connectivity index (χ0v) is 48.2. The van der Waals surface area contributed by atoms with Crippen LogP contribution in [0.25, 0.3) is 10.9 Å². The molecule has 18 atom stereocenters. The highest BCUT2D eigenvalue weighted by Crippen LogP contribution is 2.44. The van der Waals surface area contributed by atoms with Gasteiger partial charge in [-0.3, -0.25) is 14.4 Å². The first-order valence-corrected chi connectivity index (χ1v) is 27.9. The van der Waals surface area contributed by atoms with Crippen LogP contribution >= 0.6 is 0 Å². The van der Waals surface area contributed by atoms with Gasteiger partial charge in [0, 0.05) is 64.4 Å². The molecule has 5 aliphatic rings. The van der Waals surface area contributed by atoms with E-state index in [1.54, 1.807) is 47.8 Å². The molecule has 0 radical (unpaired) electrons. The molecular formula is C57H87N3O18. The number of benzene rings is 1. The van der Waals surface area contributed by atoms with Gasteiger partial charge in [-0.15, -0.1) is 0 Å². The fourth-order valence-electron chi connectivity index (χ4n) is 12.9. The molecule has 0 spiro atoms. The molecule has 1 aromatic carbocycles. The molecular weight excluding hydrogens is 1010 g/mol. The SMILES string of the molecule is CC[C@@H]1OC(=O)[C@H](C)[C@H](O[C@@H]2C[C@](C)(OC)[C@H](OCCCNCCOc3cc4c5c(c3)c(=O)c(C(=O)O)cn5CCC4)[C@H](C)O2)[C@@H](C)[C@H](O[C@H]2O[C@@H](C)C[C@@H](N(C)C)[C@H]2O)[C@](C)(OC)C[C@H](C)C(=O)[C@@H](C)[C@H]2OC(=O)O[C@@]12C. The van der Waals surface area contributed by atoms with Crippen LogP contribution in [0, 0.1) is 23.7 Å². The lowest BCUT2D eigenvalue weighted by Crippen LogP contribution is -2.61. The highest BCUT2D eigenvalue weighted by Gasteiger charge is 2.60. The second-order valence-electron chi connectivity index (χ2n) is 23.3. The number of aliphatic hydroxyl groups is 1. The van der Waals surface area contributed by atoms with Crippen LogP contribution in [0.5, 0.6) is 5.75 Å². The quantitative estimate of drug-likeness (QED) is 0.120. The summed E-state index contributed by atoms with van der Waals surface area (Å²) in [4.78, 5) is 69.1. The first kappa shape index (κ1) is 61.3. The van der Waals surface area contributed by atoms with Crippen molar-refractivity contribution in [2.75, 3.05) is 54.6 Å². The number of methoxy groups -OCH3 is 2. The van der Waals surface area contributed by atoms with Crippen molar-refractivity contribution in [3.8, 4) is 5.75 Å². The molecule has 4 saturated heterocycles. The highest BCUT2D eigenvalue weighted by atomic mass is 16.8. The number of nitrogens with zero attached hydrogens (tertiary/aromatic N) is 2. The summed E-state index contributed by atoms with van der Waals surface area (Å²) < 4.78 is 72.0. The number of likely N-dealkylation sites (N-methyl/N-ethyl adjacent to an activating group) is 1. The number of pyridine rings is 1. The minimum Gasteiger partial charge on any atom is -0.492 e. The Morgan fingerprint density at radius 3 is 2.27 bits per heavy atom. The van der Waals surface area contributed by atoms with Gasteiger partial charge < -0.3 is 77.1 Å². The summed E-state index contributed by atoms with van der Waals surface area (Å²) in [6.07, 6.45) is -4.88. The van der Waals surface area contributed by atoms with Crippen molar-refractivity contribution in [3.63, 3.8) is 0 Å². The summed E-state index contributed by atoms with van der Waals surface area (Å²) in [7, 11) is 6.91. The fraction of sp³-hybridized carbons (Fsp3) is 0.772. The number of hydrogen-bond acceptors (Lipinski definition) is 19. The number of hydrogen-bond donors (Lipinski definition) is 3. The van der Waals surface area contributed by atoms with Gasteiger partial charge in [-0.2, -0.15) is 0 Å². The van der Waals surface area contributed by atoms with Crippen molar-refractivity contribution in [1.29, 1.82) is 0 Å². The molecule has 0 unspecified atom stereocenters. The van der Waals surface area contributed by atoms with Crippen LogP contribution < -0.4 is 15.5 Å². The lowest BCUT2D eigenvalue weighted by molar-refractivity contribution is -0.322. The average Bonchev–Trinajstić information content (AvgIpc) is 3.72. The maximum atomic E-state index is 14.8. The lowest BCUT2D eigenvalue weighted by Gasteiger charge is -2.50. The van der Waals surface area contributed by atoms with Crippen LogP contribution in [-0.2, 0) is 69.9 Å². The summed E-state index contributed by atoms with van der Waals surface area (Å²) in [5, 5.41) is 25.2. The molecule has 7 rings (SSSR count). The molecule has 0 aliphatic carbocycles. The van der Waals surface area contributed by atoms with Gasteiger partial charge in [0.15, 0.2) is 24.3 Å². The standard InChI is InChI=1S/C57H87N3O18/c1-15-41-57(10)49(77-54(67)78-57)32(4)44(61)30(2)27-55(8,68-13)48(76-53-46(63)40(59(11)12)24-31(3)72-53)33(5)47(34(6)52(66)74-41)75-42-28-56(9,69-14)50(35(7)73-42)71-22-17-19-58-20-23-70-37-25-36-18-16-21-60-29-39(51(64)65)45(62)38(26-37)43(36)60/h25-26,29-35,40-42,46-50,53,58,63H,15-24,27-28H2,1-14H3,(H,64,65)/t30-,31-,32+,33+,34+,35-,40+,41-,42+,46+,47+,48-,49+,50+,53+,55+,56-,57-/m0/s1. The molecule has 3 N–H and O–H groups in total. The van der Waals surface area contributed by atoms with Gasteiger partial charge in [-0.1, -0.05) is 27.7 Å². The number of aromatic nitrogens is 1. The Balaban J connectivity index is 1.07. The van der Waals surface area contributed by atoms with E-state index in [1.165, 1.54) is 13.3 Å². The molecule has 21 nitrogen and oxygen atoms in total.